The molecule has 0 aliphatic carbocycles. The van der Waals surface area contributed by atoms with Crippen molar-refractivity contribution in [1.29, 1.82) is 0 Å². The maximum absolute atomic E-state index is 12.5. The minimum absolute atomic E-state index is 0.0790. The van der Waals surface area contributed by atoms with Crippen LogP contribution < -0.4 is 16.6 Å². The molecule has 25 heavy (non-hydrogen) atoms. The molecule has 1 atom stereocenters. The van der Waals surface area contributed by atoms with Gasteiger partial charge in [-0.25, -0.2) is 4.79 Å². The van der Waals surface area contributed by atoms with E-state index in [1.54, 1.807) is 0 Å². The van der Waals surface area contributed by atoms with Crippen molar-refractivity contribution in [3.63, 3.8) is 0 Å². The highest BCUT2D eigenvalue weighted by atomic mass is 16.5. The normalized spacial score (nSPS) is 16.8. The molecular weight excluding hydrogens is 322 g/mol. The number of rotatable bonds is 5. The number of H-pyrrole nitrogens is 1. The van der Waals surface area contributed by atoms with E-state index in [1.165, 1.54) is 6.20 Å². The van der Waals surface area contributed by atoms with Gasteiger partial charge in [0.25, 0.3) is 11.5 Å². The van der Waals surface area contributed by atoms with E-state index >= 15 is 0 Å². The molecule has 2 heterocycles. The summed E-state index contributed by atoms with van der Waals surface area (Å²) in [6, 6.07) is 7.74. The fourth-order valence-electron chi connectivity index (χ4n) is 2.82. The molecule has 1 aliphatic rings. The van der Waals surface area contributed by atoms with E-state index in [2.05, 4.69) is 10.3 Å². The van der Waals surface area contributed by atoms with Crippen molar-refractivity contribution in [3.05, 3.63) is 68.0 Å². The van der Waals surface area contributed by atoms with E-state index in [4.69, 9.17) is 4.74 Å². The smallest absolute Gasteiger partial charge is 0.328 e. The largest absolute Gasteiger partial charge is 0.376 e. The van der Waals surface area contributed by atoms with Crippen molar-refractivity contribution >= 4 is 5.91 Å². The van der Waals surface area contributed by atoms with E-state index < -0.39 is 17.2 Å². The lowest BCUT2D eigenvalue weighted by Crippen LogP contribution is -2.42. The van der Waals surface area contributed by atoms with Gasteiger partial charge in [-0.2, -0.15) is 0 Å². The van der Waals surface area contributed by atoms with Crippen LogP contribution in [0.5, 0.6) is 0 Å². The Balaban J connectivity index is 1.74. The Kier molecular flexibility index (Phi) is 5.14. The number of ether oxygens (including phenoxy) is 1. The van der Waals surface area contributed by atoms with Crippen LogP contribution in [0.3, 0.4) is 0 Å². The maximum Gasteiger partial charge on any atom is 0.328 e. The molecule has 1 aromatic heterocycles. The number of carbonyl (C=O) groups excluding carboxylic acids is 1. The molecule has 132 valence electrons. The molecule has 1 amide bonds. The molecule has 2 N–H and O–H groups in total. The van der Waals surface area contributed by atoms with Crippen LogP contribution in [0, 0.1) is 6.92 Å². The molecular formula is C18H21N3O4. The number of carbonyl (C=O) groups is 1. The standard InChI is InChI=1S/C18H21N3O4/c1-12-4-6-13(7-5-12)9-19-16(22)15-10-20-18(24)21(17(15)23)11-14-3-2-8-25-14/h4-7,10,14H,2-3,8-9,11H2,1H3,(H,19,22)(H,20,24). The minimum Gasteiger partial charge on any atom is -0.376 e. The van der Waals surface area contributed by atoms with E-state index in [0.717, 1.165) is 28.5 Å². The summed E-state index contributed by atoms with van der Waals surface area (Å²) in [5, 5.41) is 2.71. The first kappa shape index (κ1) is 17.2. The van der Waals surface area contributed by atoms with Crippen LogP contribution in [0.1, 0.15) is 34.3 Å². The molecule has 1 aliphatic heterocycles. The molecule has 0 radical (unpaired) electrons. The molecule has 0 bridgehead atoms. The third-order valence-corrected chi connectivity index (χ3v) is 4.29. The zero-order valence-corrected chi connectivity index (χ0v) is 14.1. The average Bonchev–Trinajstić information content (AvgIpc) is 3.11. The van der Waals surface area contributed by atoms with Gasteiger partial charge in [0, 0.05) is 19.3 Å². The van der Waals surface area contributed by atoms with Gasteiger partial charge in [-0.15, -0.1) is 0 Å². The Bertz CT molecular complexity index is 861. The molecule has 1 fully saturated rings. The van der Waals surface area contributed by atoms with Crippen molar-refractivity contribution in [2.45, 2.75) is 39.0 Å². The molecule has 1 aromatic carbocycles. The number of nitrogens with one attached hydrogen (secondary N) is 2. The average molecular weight is 343 g/mol. The molecule has 0 spiro atoms. The summed E-state index contributed by atoms with van der Waals surface area (Å²) in [6.45, 7) is 3.09. The van der Waals surface area contributed by atoms with Crippen molar-refractivity contribution in [2.75, 3.05) is 6.61 Å². The third-order valence-electron chi connectivity index (χ3n) is 4.29. The molecule has 2 aromatic rings. The summed E-state index contributed by atoms with van der Waals surface area (Å²) in [7, 11) is 0. The number of aromatic nitrogens is 2. The van der Waals surface area contributed by atoms with Gasteiger partial charge in [0.1, 0.15) is 5.56 Å². The lowest BCUT2D eigenvalue weighted by atomic mass is 10.1. The third kappa shape index (κ3) is 4.06. The summed E-state index contributed by atoms with van der Waals surface area (Å²) < 4.78 is 6.51. The van der Waals surface area contributed by atoms with Gasteiger partial charge in [0.2, 0.25) is 0 Å². The fraction of sp³-hybridized carbons (Fsp3) is 0.389. The Hall–Kier alpha value is -2.67. The SMILES string of the molecule is Cc1ccc(CNC(=O)c2c[nH]c(=O)n(CC3CCCO3)c2=O)cc1. The first-order valence-electron chi connectivity index (χ1n) is 8.32. The highest BCUT2D eigenvalue weighted by Gasteiger charge is 2.20. The second kappa shape index (κ2) is 7.48. The summed E-state index contributed by atoms with van der Waals surface area (Å²) in [5.74, 6) is -0.511. The second-order valence-electron chi connectivity index (χ2n) is 6.23. The lowest BCUT2D eigenvalue weighted by molar-refractivity contribution is 0.0921. The van der Waals surface area contributed by atoms with Crippen LogP contribution in [-0.2, 0) is 17.8 Å². The van der Waals surface area contributed by atoms with Crippen LogP contribution in [0.2, 0.25) is 0 Å². The first-order chi connectivity index (χ1) is 12.0. The lowest BCUT2D eigenvalue weighted by Gasteiger charge is -2.12. The second-order valence-corrected chi connectivity index (χ2v) is 6.23. The molecule has 0 saturated carbocycles. The van der Waals surface area contributed by atoms with E-state index in [-0.39, 0.29) is 18.2 Å². The Morgan fingerprint density at radius 2 is 2.08 bits per heavy atom. The summed E-state index contributed by atoms with van der Waals surface area (Å²) in [6.07, 6.45) is 2.72. The molecule has 1 saturated heterocycles. The zero-order chi connectivity index (χ0) is 17.8. The van der Waals surface area contributed by atoms with Gasteiger partial charge in [-0.05, 0) is 25.3 Å². The molecule has 7 nitrogen and oxygen atoms in total. The van der Waals surface area contributed by atoms with Gasteiger partial charge < -0.3 is 15.0 Å². The number of hydrogen-bond donors (Lipinski definition) is 2. The van der Waals surface area contributed by atoms with Crippen LogP contribution in [0.15, 0.2) is 40.1 Å². The fourth-order valence-corrected chi connectivity index (χ4v) is 2.82. The van der Waals surface area contributed by atoms with Gasteiger partial charge in [0.15, 0.2) is 0 Å². The predicted molar refractivity (Wildman–Crippen MR) is 92.6 cm³/mol. The van der Waals surface area contributed by atoms with Gasteiger partial charge in [0.05, 0.1) is 12.6 Å². The number of aromatic amines is 1. The van der Waals surface area contributed by atoms with Gasteiger partial charge >= 0.3 is 5.69 Å². The number of nitrogens with zero attached hydrogens (tertiary/aromatic N) is 1. The van der Waals surface area contributed by atoms with Crippen LogP contribution >= 0.6 is 0 Å². The van der Waals surface area contributed by atoms with Crippen molar-refractivity contribution < 1.29 is 9.53 Å². The topological polar surface area (TPSA) is 93.2 Å². The minimum atomic E-state index is -0.597. The van der Waals surface area contributed by atoms with Gasteiger partial charge in [-0.3, -0.25) is 14.2 Å². The van der Waals surface area contributed by atoms with Crippen molar-refractivity contribution in [1.82, 2.24) is 14.9 Å². The molecule has 1 unspecified atom stereocenters. The van der Waals surface area contributed by atoms with E-state index in [1.807, 2.05) is 31.2 Å². The number of amides is 1. The van der Waals surface area contributed by atoms with E-state index in [0.29, 0.717) is 13.2 Å². The van der Waals surface area contributed by atoms with E-state index in [9.17, 15) is 14.4 Å². The monoisotopic (exact) mass is 343 g/mol. The van der Waals surface area contributed by atoms with Gasteiger partial charge in [-0.1, -0.05) is 29.8 Å². The number of aryl methyl sites for hydroxylation is 1. The number of benzene rings is 1. The van der Waals surface area contributed by atoms with Crippen LogP contribution in [-0.4, -0.2) is 28.2 Å². The Morgan fingerprint density at radius 1 is 1.32 bits per heavy atom. The summed E-state index contributed by atoms with van der Waals surface area (Å²) in [5.41, 5.74) is 0.858. The number of hydrogen-bond acceptors (Lipinski definition) is 4. The first-order valence-corrected chi connectivity index (χ1v) is 8.32. The molecule has 3 rings (SSSR count). The van der Waals surface area contributed by atoms with Crippen LogP contribution in [0.25, 0.3) is 0 Å². The summed E-state index contributed by atoms with van der Waals surface area (Å²) >= 11 is 0. The molecule has 7 heteroatoms. The summed E-state index contributed by atoms with van der Waals surface area (Å²) in [4.78, 5) is 39.2. The maximum atomic E-state index is 12.5. The van der Waals surface area contributed by atoms with Crippen molar-refractivity contribution in [2.24, 2.45) is 0 Å². The highest BCUT2D eigenvalue weighted by Crippen LogP contribution is 2.12. The zero-order valence-electron chi connectivity index (χ0n) is 14.1. The predicted octanol–water partition coefficient (Wildman–Crippen LogP) is 0.954. The Labute approximate surface area is 144 Å². The van der Waals surface area contributed by atoms with Crippen molar-refractivity contribution in [3.8, 4) is 0 Å². The Morgan fingerprint density at radius 3 is 2.76 bits per heavy atom. The van der Waals surface area contributed by atoms with Crippen LogP contribution in [0.4, 0.5) is 0 Å². The quantitative estimate of drug-likeness (QED) is 0.845. The highest BCUT2D eigenvalue weighted by molar-refractivity contribution is 5.93.